The van der Waals surface area contributed by atoms with E-state index in [9.17, 15) is 14.4 Å². The van der Waals surface area contributed by atoms with E-state index in [1.165, 1.54) is 12.5 Å². The molecule has 0 radical (unpaired) electrons. The highest BCUT2D eigenvalue weighted by molar-refractivity contribution is 6.24. The van der Waals surface area contributed by atoms with Gasteiger partial charge >= 0.3 is 0 Å². The number of ketones is 3. The van der Waals surface area contributed by atoms with Crippen molar-refractivity contribution in [3.05, 3.63) is 62.3 Å². The third-order valence-electron chi connectivity index (χ3n) is 9.37. The van der Waals surface area contributed by atoms with Crippen LogP contribution in [0.25, 0.3) is 6.08 Å². The fourth-order valence-corrected chi connectivity index (χ4v) is 7.44. The lowest BCUT2D eigenvalue weighted by atomic mass is 9.42. The van der Waals surface area contributed by atoms with Crippen molar-refractivity contribution in [1.82, 2.24) is 0 Å². The van der Waals surface area contributed by atoms with Crippen LogP contribution >= 0.6 is 0 Å². The Labute approximate surface area is 204 Å². The molecular weight excluding hydrogens is 420 g/mol. The molecule has 0 saturated heterocycles. The summed E-state index contributed by atoms with van der Waals surface area (Å²) in [5.41, 5.74) is 6.68. The second kappa shape index (κ2) is 7.73. The molecule has 3 nitrogen and oxygen atoms in total. The number of Topliss-reactive ketones (excluding diaryl/α,β-unsaturated/α-hetero) is 3. The Morgan fingerprint density at radius 3 is 2.26 bits per heavy atom. The molecule has 0 aliphatic heterocycles. The van der Waals surface area contributed by atoms with Crippen LogP contribution in [0, 0.1) is 23.2 Å². The van der Waals surface area contributed by atoms with E-state index < -0.39 is 5.41 Å². The molecule has 0 amide bonds. The molecule has 0 saturated carbocycles. The number of aryl methyl sites for hydroxylation is 1. The van der Waals surface area contributed by atoms with E-state index in [0.717, 1.165) is 58.2 Å². The predicted molar refractivity (Wildman–Crippen MR) is 138 cm³/mol. The van der Waals surface area contributed by atoms with Crippen LogP contribution in [0.2, 0.25) is 0 Å². The van der Waals surface area contributed by atoms with Crippen molar-refractivity contribution in [2.24, 2.45) is 16.2 Å². The summed E-state index contributed by atoms with van der Waals surface area (Å²) in [7, 11) is 0. The van der Waals surface area contributed by atoms with Crippen LogP contribution in [-0.2, 0) is 16.0 Å². The first-order valence-electron chi connectivity index (χ1n) is 12.5. The van der Waals surface area contributed by atoms with Crippen LogP contribution in [0.1, 0.15) is 102 Å². The van der Waals surface area contributed by atoms with Gasteiger partial charge in [0.2, 0.25) is 0 Å². The van der Waals surface area contributed by atoms with E-state index >= 15 is 0 Å². The maximum Gasteiger partial charge on any atom is 0.190 e. The highest BCUT2D eigenvalue weighted by atomic mass is 16.2. The predicted octanol–water partition coefficient (Wildman–Crippen LogP) is 7.16. The van der Waals surface area contributed by atoms with Crippen LogP contribution in [0.15, 0.2) is 40.0 Å². The Balaban J connectivity index is 2.01. The molecule has 3 aliphatic rings. The third-order valence-corrected chi connectivity index (χ3v) is 9.37. The summed E-state index contributed by atoms with van der Waals surface area (Å²) in [5.74, 6) is -0.213. The molecule has 3 unspecified atom stereocenters. The number of carbonyl (C=O) groups is 3. The van der Waals surface area contributed by atoms with Gasteiger partial charge < -0.3 is 0 Å². The molecule has 1 aromatic carbocycles. The summed E-state index contributed by atoms with van der Waals surface area (Å²) in [6, 6.07) is 4.20. The van der Waals surface area contributed by atoms with Crippen molar-refractivity contribution in [2.75, 3.05) is 0 Å². The van der Waals surface area contributed by atoms with E-state index in [2.05, 4.69) is 39.8 Å². The Morgan fingerprint density at radius 1 is 1.03 bits per heavy atom. The average molecular weight is 459 g/mol. The lowest BCUT2D eigenvalue weighted by Crippen LogP contribution is -2.57. The number of benzene rings is 1. The van der Waals surface area contributed by atoms with Gasteiger partial charge in [0, 0.05) is 16.6 Å². The maximum absolute atomic E-state index is 14.2. The van der Waals surface area contributed by atoms with Crippen LogP contribution in [0.5, 0.6) is 0 Å². The second-order valence-electron chi connectivity index (χ2n) is 11.8. The molecule has 3 atom stereocenters. The quantitative estimate of drug-likeness (QED) is 0.451. The van der Waals surface area contributed by atoms with Gasteiger partial charge in [0.25, 0.3) is 0 Å². The molecule has 4 rings (SSSR count). The van der Waals surface area contributed by atoms with Gasteiger partial charge in [0.15, 0.2) is 17.3 Å². The number of fused-ring (bicyclic) bond motifs is 3. The average Bonchev–Trinajstić information content (AvgIpc) is 2.72. The summed E-state index contributed by atoms with van der Waals surface area (Å²) in [6.07, 6.45) is 5.42. The Bertz CT molecular complexity index is 1250. The number of allylic oxidation sites excluding steroid dienone is 5. The van der Waals surface area contributed by atoms with E-state index in [4.69, 9.17) is 0 Å². The normalized spacial score (nSPS) is 31.4. The fraction of sp³-hybridized carbons (Fsp3) is 0.516. The monoisotopic (exact) mass is 458 g/mol. The van der Waals surface area contributed by atoms with E-state index in [1.54, 1.807) is 0 Å². The van der Waals surface area contributed by atoms with Crippen molar-refractivity contribution in [3.8, 4) is 0 Å². The SMILES string of the molecule is CC/C(C)=C/c1ccc(C)c2c1CC1(C)CC3(C)CC(C)=C(C(C)=O)C(=O)C3(C)C(C)=C1C2=O. The van der Waals surface area contributed by atoms with Crippen molar-refractivity contribution < 1.29 is 14.4 Å². The first-order valence-corrected chi connectivity index (χ1v) is 12.5. The molecule has 180 valence electrons. The summed E-state index contributed by atoms with van der Waals surface area (Å²) in [6.45, 7) is 18.1. The van der Waals surface area contributed by atoms with Crippen molar-refractivity contribution in [3.63, 3.8) is 0 Å². The number of hydrogen-bond acceptors (Lipinski definition) is 3. The van der Waals surface area contributed by atoms with Crippen LogP contribution in [-0.4, -0.2) is 17.3 Å². The Kier molecular flexibility index (Phi) is 5.59. The molecule has 0 fully saturated rings. The number of hydrogen-bond donors (Lipinski definition) is 0. The van der Waals surface area contributed by atoms with Crippen molar-refractivity contribution in [1.29, 1.82) is 0 Å². The fourth-order valence-electron chi connectivity index (χ4n) is 7.44. The molecule has 34 heavy (non-hydrogen) atoms. The molecule has 3 aliphatic carbocycles. The van der Waals surface area contributed by atoms with Crippen LogP contribution in [0.3, 0.4) is 0 Å². The van der Waals surface area contributed by atoms with E-state index in [-0.39, 0.29) is 28.2 Å². The largest absolute Gasteiger partial charge is 0.294 e. The van der Waals surface area contributed by atoms with Gasteiger partial charge in [-0.1, -0.05) is 55.7 Å². The molecule has 0 bridgehead atoms. The minimum Gasteiger partial charge on any atom is -0.294 e. The summed E-state index contributed by atoms with van der Waals surface area (Å²) in [5, 5.41) is 0. The maximum atomic E-state index is 14.2. The van der Waals surface area contributed by atoms with Gasteiger partial charge in [0.1, 0.15) is 0 Å². The molecule has 3 heteroatoms. The van der Waals surface area contributed by atoms with Gasteiger partial charge in [-0.05, 0) is 89.3 Å². The topological polar surface area (TPSA) is 51.2 Å². The van der Waals surface area contributed by atoms with Crippen LogP contribution < -0.4 is 0 Å². The number of rotatable bonds is 3. The minimum atomic E-state index is -0.861. The van der Waals surface area contributed by atoms with Gasteiger partial charge in [-0.15, -0.1) is 0 Å². The van der Waals surface area contributed by atoms with Crippen LogP contribution in [0.4, 0.5) is 0 Å². The second-order valence-corrected chi connectivity index (χ2v) is 11.8. The molecule has 0 heterocycles. The molecule has 0 aromatic heterocycles. The van der Waals surface area contributed by atoms with Gasteiger partial charge in [-0.3, -0.25) is 14.4 Å². The van der Waals surface area contributed by atoms with Gasteiger partial charge in [-0.2, -0.15) is 0 Å². The van der Waals surface area contributed by atoms with Crippen molar-refractivity contribution >= 4 is 23.4 Å². The number of carbonyl (C=O) groups excluding carboxylic acids is 3. The highest BCUT2D eigenvalue weighted by Gasteiger charge is 2.63. The molecule has 0 spiro atoms. The summed E-state index contributed by atoms with van der Waals surface area (Å²) in [4.78, 5) is 40.6. The molecule has 0 N–H and O–H groups in total. The summed E-state index contributed by atoms with van der Waals surface area (Å²) < 4.78 is 0. The standard InChI is InChI=1S/C31H38O3/c1-10-17(2)13-22-12-11-18(3)25-23(22)15-29(7)16-30(8)14-19(4)24(21(6)32)28(34)31(30,9)20(5)26(29)27(25)33/h11-13H,10,14-16H2,1-9H3/b17-13+. The first-order chi connectivity index (χ1) is 15.7. The Morgan fingerprint density at radius 2 is 1.68 bits per heavy atom. The molecule has 1 aromatic rings. The third kappa shape index (κ3) is 3.12. The zero-order valence-electron chi connectivity index (χ0n) is 22.3. The highest BCUT2D eigenvalue weighted by Crippen LogP contribution is 2.66. The van der Waals surface area contributed by atoms with E-state index in [0.29, 0.717) is 12.0 Å². The first kappa shape index (κ1) is 24.6. The summed E-state index contributed by atoms with van der Waals surface area (Å²) >= 11 is 0. The minimum absolute atomic E-state index is 0.0647. The smallest absolute Gasteiger partial charge is 0.190 e. The van der Waals surface area contributed by atoms with E-state index in [1.807, 2.05) is 33.8 Å². The van der Waals surface area contributed by atoms with Gasteiger partial charge in [-0.25, -0.2) is 0 Å². The van der Waals surface area contributed by atoms with Gasteiger partial charge in [0.05, 0.1) is 11.0 Å². The Hall–Kier alpha value is -2.55. The molecular formula is C31H38O3. The van der Waals surface area contributed by atoms with Crippen molar-refractivity contribution in [2.45, 2.75) is 88.0 Å². The lowest BCUT2D eigenvalue weighted by Gasteiger charge is -2.59. The lowest BCUT2D eigenvalue weighted by molar-refractivity contribution is -0.134. The zero-order chi connectivity index (χ0) is 25.4. The zero-order valence-corrected chi connectivity index (χ0v) is 22.3.